The molecule has 0 aliphatic rings. The predicted octanol–water partition coefficient (Wildman–Crippen LogP) is 2.54. The Kier molecular flexibility index (Phi) is 7.44. The molecule has 9 heavy (non-hydrogen) atoms. The zero-order valence-corrected chi connectivity index (χ0v) is 6.10. The Morgan fingerprint density at radius 3 is 2.78 bits per heavy atom. The predicted molar refractivity (Wildman–Crippen MR) is 40.0 cm³/mol. The van der Waals surface area contributed by atoms with Crippen molar-refractivity contribution in [3.05, 3.63) is 19.3 Å². The highest BCUT2D eigenvalue weighted by molar-refractivity contribution is 4.75. The maximum Gasteiger partial charge on any atom is 0.0700 e. The van der Waals surface area contributed by atoms with Gasteiger partial charge in [-0.05, 0) is 26.2 Å². The molecule has 1 nitrogen and oxygen atoms in total. The topological polar surface area (TPSA) is 9.23 Å². The van der Waals surface area contributed by atoms with Gasteiger partial charge in [0.05, 0.1) is 7.11 Å². The molecule has 0 atom stereocenters. The second-order valence-corrected chi connectivity index (χ2v) is 1.97. The van der Waals surface area contributed by atoms with Crippen molar-refractivity contribution >= 4 is 0 Å². The number of allylic oxidation sites excluding steroid dienone is 2. The Hall–Kier alpha value is -0.300. The van der Waals surface area contributed by atoms with Gasteiger partial charge in [0.15, 0.2) is 0 Å². The molecule has 0 saturated heterocycles. The quantitative estimate of drug-likeness (QED) is 0.407. The monoisotopic (exact) mass is 127 g/mol. The van der Waals surface area contributed by atoms with Crippen molar-refractivity contribution in [1.82, 2.24) is 0 Å². The van der Waals surface area contributed by atoms with Crippen molar-refractivity contribution in [3.8, 4) is 0 Å². The molecule has 0 N–H and O–H groups in total. The van der Waals surface area contributed by atoms with E-state index in [1.807, 2.05) is 6.92 Å². The lowest BCUT2D eigenvalue weighted by molar-refractivity contribution is 0.235. The highest BCUT2D eigenvalue weighted by Crippen LogP contribution is 1.95. The molecule has 0 saturated carbocycles. The van der Waals surface area contributed by atoms with Crippen LogP contribution in [0, 0.1) is 7.11 Å². The maximum atomic E-state index is 4.65. The van der Waals surface area contributed by atoms with Gasteiger partial charge in [-0.1, -0.05) is 12.2 Å². The number of ether oxygens (including phenoxy) is 1. The third-order valence-electron chi connectivity index (χ3n) is 1.15. The van der Waals surface area contributed by atoms with E-state index in [1.165, 1.54) is 12.8 Å². The fourth-order valence-corrected chi connectivity index (χ4v) is 0.633. The van der Waals surface area contributed by atoms with Gasteiger partial charge in [0.1, 0.15) is 0 Å². The molecule has 0 unspecified atom stereocenters. The molecule has 0 bridgehead atoms. The average Bonchev–Trinajstić information content (AvgIpc) is 1.89. The molecule has 0 amide bonds. The molecule has 53 valence electrons. The third kappa shape index (κ3) is 7.70. The van der Waals surface area contributed by atoms with E-state index in [2.05, 4.69) is 24.0 Å². The van der Waals surface area contributed by atoms with Crippen LogP contribution in [-0.4, -0.2) is 6.61 Å². The molecule has 0 aromatic rings. The average molecular weight is 127 g/mol. The molecule has 0 spiro atoms. The van der Waals surface area contributed by atoms with Crippen molar-refractivity contribution in [2.24, 2.45) is 0 Å². The van der Waals surface area contributed by atoms with E-state index >= 15 is 0 Å². The molecule has 0 fully saturated rings. The largest absolute Gasteiger partial charge is 0.379 e. The Bertz CT molecular complexity index is 67.0. The molecule has 0 rings (SSSR count). The highest BCUT2D eigenvalue weighted by atomic mass is 16.5. The van der Waals surface area contributed by atoms with Gasteiger partial charge in [0, 0.05) is 6.61 Å². The first-order valence-electron chi connectivity index (χ1n) is 3.40. The Labute approximate surface area is 57.7 Å². The van der Waals surface area contributed by atoms with Crippen molar-refractivity contribution in [2.75, 3.05) is 6.61 Å². The number of rotatable bonds is 5. The van der Waals surface area contributed by atoms with Crippen LogP contribution in [0.1, 0.15) is 26.2 Å². The summed E-state index contributed by atoms with van der Waals surface area (Å²) in [5.41, 5.74) is 0. The maximum absolute atomic E-state index is 4.65. The van der Waals surface area contributed by atoms with Gasteiger partial charge >= 0.3 is 0 Å². The van der Waals surface area contributed by atoms with Gasteiger partial charge in [0.25, 0.3) is 0 Å². The van der Waals surface area contributed by atoms with Crippen molar-refractivity contribution in [1.29, 1.82) is 0 Å². The van der Waals surface area contributed by atoms with E-state index in [1.54, 1.807) is 0 Å². The van der Waals surface area contributed by atoms with Crippen LogP contribution in [0.2, 0.25) is 0 Å². The Morgan fingerprint density at radius 1 is 1.44 bits per heavy atom. The summed E-state index contributed by atoms with van der Waals surface area (Å²) in [7, 11) is 3.29. The molecule has 0 aromatic heterocycles. The first-order valence-corrected chi connectivity index (χ1v) is 3.40. The van der Waals surface area contributed by atoms with E-state index in [-0.39, 0.29) is 0 Å². The summed E-state index contributed by atoms with van der Waals surface area (Å²) in [6.45, 7) is 2.83. The minimum absolute atomic E-state index is 0.789. The number of hydrogen-bond donors (Lipinski definition) is 0. The highest BCUT2D eigenvalue weighted by Gasteiger charge is 1.82. The van der Waals surface area contributed by atoms with E-state index < -0.39 is 0 Å². The van der Waals surface area contributed by atoms with Crippen LogP contribution >= 0.6 is 0 Å². The number of unbranched alkanes of at least 4 members (excludes halogenated alkanes) is 2. The third-order valence-corrected chi connectivity index (χ3v) is 1.15. The van der Waals surface area contributed by atoms with Gasteiger partial charge in [-0.15, -0.1) is 0 Å². The van der Waals surface area contributed by atoms with Crippen LogP contribution in [0.15, 0.2) is 12.2 Å². The first-order chi connectivity index (χ1) is 4.41. The summed E-state index contributed by atoms with van der Waals surface area (Å²) in [4.78, 5) is 0. The zero-order valence-electron chi connectivity index (χ0n) is 6.10. The van der Waals surface area contributed by atoms with Crippen LogP contribution in [0.4, 0.5) is 0 Å². The molecule has 1 radical (unpaired) electrons. The fourth-order valence-electron chi connectivity index (χ4n) is 0.633. The van der Waals surface area contributed by atoms with Gasteiger partial charge in [-0.25, -0.2) is 0 Å². The van der Waals surface area contributed by atoms with E-state index in [0.29, 0.717) is 0 Å². The minimum atomic E-state index is 0.789. The van der Waals surface area contributed by atoms with Gasteiger partial charge in [0.2, 0.25) is 0 Å². The summed E-state index contributed by atoms with van der Waals surface area (Å²) >= 11 is 0. The molecule has 0 aliphatic heterocycles. The smallest absolute Gasteiger partial charge is 0.0700 e. The summed E-state index contributed by atoms with van der Waals surface area (Å²) in [5, 5.41) is 0. The van der Waals surface area contributed by atoms with Crippen molar-refractivity contribution in [2.45, 2.75) is 26.2 Å². The molecule has 0 heterocycles. The van der Waals surface area contributed by atoms with Crippen LogP contribution in [0.5, 0.6) is 0 Å². The van der Waals surface area contributed by atoms with E-state index in [4.69, 9.17) is 0 Å². The van der Waals surface area contributed by atoms with Crippen molar-refractivity contribution in [3.63, 3.8) is 0 Å². The van der Waals surface area contributed by atoms with Crippen LogP contribution in [-0.2, 0) is 4.74 Å². The number of hydrogen-bond acceptors (Lipinski definition) is 1. The van der Waals surface area contributed by atoms with E-state index in [0.717, 1.165) is 13.0 Å². The van der Waals surface area contributed by atoms with Gasteiger partial charge in [-0.3, -0.25) is 0 Å². The summed E-state index contributed by atoms with van der Waals surface area (Å²) < 4.78 is 4.65. The molecule has 0 aliphatic carbocycles. The van der Waals surface area contributed by atoms with Crippen molar-refractivity contribution < 1.29 is 4.74 Å². The molecular weight excluding hydrogens is 112 g/mol. The lowest BCUT2D eigenvalue weighted by atomic mass is 10.2. The van der Waals surface area contributed by atoms with Gasteiger partial charge < -0.3 is 4.74 Å². The zero-order chi connectivity index (χ0) is 6.95. The fraction of sp³-hybridized carbons (Fsp3) is 0.625. The van der Waals surface area contributed by atoms with Crippen LogP contribution < -0.4 is 0 Å². The standard InChI is InChI=1S/C8H15O/c1-3-4-5-6-7-8-9-2/h3-4H,2,5-8H2,1H3/b4-3+. The normalized spacial score (nSPS) is 10.9. The Morgan fingerprint density at radius 2 is 2.22 bits per heavy atom. The minimum Gasteiger partial charge on any atom is -0.379 e. The second kappa shape index (κ2) is 7.70. The second-order valence-electron chi connectivity index (χ2n) is 1.97. The van der Waals surface area contributed by atoms with Gasteiger partial charge in [-0.2, -0.15) is 0 Å². The summed E-state index contributed by atoms with van der Waals surface area (Å²) in [6, 6.07) is 0. The Balaban J connectivity index is 2.75. The lowest BCUT2D eigenvalue weighted by Crippen LogP contribution is -1.84. The first kappa shape index (κ1) is 8.70. The molecule has 1 heteroatoms. The molecule has 0 aromatic carbocycles. The summed E-state index contributed by atoms with van der Waals surface area (Å²) in [5.74, 6) is 0. The van der Waals surface area contributed by atoms with E-state index in [9.17, 15) is 0 Å². The molecular formula is C8H15O. The SMILES string of the molecule is [CH2]OCCCC/C=C/C. The van der Waals surface area contributed by atoms with Crippen LogP contribution in [0.25, 0.3) is 0 Å². The summed E-state index contributed by atoms with van der Waals surface area (Å²) in [6.07, 6.45) is 7.74. The van der Waals surface area contributed by atoms with Crippen LogP contribution in [0.3, 0.4) is 0 Å². The lowest BCUT2D eigenvalue weighted by Gasteiger charge is -1.93.